The molecule has 0 unspecified atom stereocenters. The maximum atomic E-state index is 12.4. The summed E-state index contributed by atoms with van der Waals surface area (Å²) in [6.07, 6.45) is 5.55. The summed E-state index contributed by atoms with van der Waals surface area (Å²) < 4.78 is 10.7. The predicted octanol–water partition coefficient (Wildman–Crippen LogP) is 1.59. The van der Waals surface area contributed by atoms with E-state index in [9.17, 15) is 9.90 Å². The number of aromatic nitrogens is 2. The summed E-state index contributed by atoms with van der Waals surface area (Å²) in [5.74, 6) is 1.78. The van der Waals surface area contributed by atoms with Crippen molar-refractivity contribution in [2.24, 2.45) is 5.92 Å². The molecule has 2 aromatic rings. The van der Waals surface area contributed by atoms with Crippen molar-refractivity contribution in [2.75, 3.05) is 31.7 Å². The van der Waals surface area contributed by atoms with Crippen LogP contribution in [-0.2, 0) is 4.79 Å². The second-order valence-corrected chi connectivity index (χ2v) is 6.78. The summed E-state index contributed by atoms with van der Waals surface area (Å²) in [5, 5.41) is 13.4. The van der Waals surface area contributed by atoms with Gasteiger partial charge in [0.25, 0.3) is 0 Å². The fraction of sp³-hybridized carbons (Fsp3) is 0.421. The van der Waals surface area contributed by atoms with Crippen LogP contribution in [0.3, 0.4) is 0 Å². The van der Waals surface area contributed by atoms with Crippen LogP contribution in [0.25, 0.3) is 0 Å². The lowest BCUT2D eigenvalue weighted by molar-refractivity contribution is -0.121. The summed E-state index contributed by atoms with van der Waals surface area (Å²) in [6, 6.07) is 5.51. The van der Waals surface area contributed by atoms with Crippen LogP contribution in [0.1, 0.15) is 24.5 Å². The number of anilines is 1. The van der Waals surface area contributed by atoms with Crippen molar-refractivity contribution in [3.05, 3.63) is 42.4 Å². The molecule has 27 heavy (non-hydrogen) atoms. The normalized spacial score (nSPS) is 18.3. The smallest absolute Gasteiger partial charge is 0.231 e. The summed E-state index contributed by atoms with van der Waals surface area (Å²) in [5.41, 5.74) is 0.807. The Balaban J connectivity index is 1.27. The van der Waals surface area contributed by atoms with Crippen LogP contribution in [0.5, 0.6) is 11.5 Å². The molecule has 1 aromatic carbocycles. The van der Waals surface area contributed by atoms with Crippen LogP contribution < -0.4 is 14.8 Å². The van der Waals surface area contributed by atoms with Gasteiger partial charge in [0, 0.05) is 24.9 Å². The summed E-state index contributed by atoms with van der Waals surface area (Å²) in [6.45, 7) is 2.28. The first-order valence-corrected chi connectivity index (χ1v) is 9.06. The zero-order valence-corrected chi connectivity index (χ0v) is 14.9. The zero-order chi connectivity index (χ0) is 18.6. The second-order valence-electron chi connectivity index (χ2n) is 6.78. The second kappa shape index (κ2) is 7.89. The van der Waals surface area contributed by atoms with E-state index in [1.807, 2.05) is 18.2 Å². The van der Waals surface area contributed by atoms with Gasteiger partial charge in [0.15, 0.2) is 17.3 Å². The molecular weight excluding hydrogens is 348 g/mol. The number of amides is 1. The third-order valence-corrected chi connectivity index (χ3v) is 4.99. The first kappa shape index (κ1) is 17.7. The Bertz CT molecular complexity index is 794. The summed E-state index contributed by atoms with van der Waals surface area (Å²) >= 11 is 0. The molecule has 8 heteroatoms. The molecule has 8 nitrogen and oxygen atoms in total. The molecule has 4 rings (SSSR count). The maximum Gasteiger partial charge on any atom is 0.231 e. The highest BCUT2D eigenvalue weighted by atomic mass is 16.7. The average Bonchev–Trinajstić information content (AvgIpc) is 3.17. The molecule has 2 aliphatic heterocycles. The molecule has 3 heterocycles. The van der Waals surface area contributed by atoms with E-state index >= 15 is 0 Å². The highest BCUT2D eigenvalue weighted by Crippen LogP contribution is 2.34. The molecule has 0 saturated carbocycles. The number of fused-ring (bicyclic) bond motifs is 1. The van der Waals surface area contributed by atoms with E-state index < -0.39 is 6.10 Å². The number of nitrogens with one attached hydrogen (secondary N) is 1. The third kappa shape index (κ3) is 4.17. The van der Waals surface area contributed by atoms with Crippen molar-refractivity contribution >= 4 is 11.7 Å². The number of carbonyl (C=O) groups is 1. The van der Waals surface area contributed by atoms with E-state index in [0.717, 1.165) is 31.5 Å². The number of benzene rings is 1. The Kier molecular flexibility index (Phi) is 5.17. The molecule has 142 valence electrons. The Labute approximate surface area is 157 Å². The lowest BCUT2D eigenvalue weighted by Crippen LogP contribution is -2.40. The van der Waals surface area contributed by atoms with Crippen LogP contribution in [0, 0.1) is 5.92 Å². The molecule has 1 aromatic heterocycles. The van der Waals surface area contributed by atoms with Gasteiger partial charge < -0.3 is 24.8 Å². The Morgan fingerprint density at radius 1 is 1.26 bits per heavy atom. The topological polar surface area (TPSA) is 96.8 Å². The quantitative estimate of drug-likeness (QED) is 0.825. The molecule has 0 aliphatic carbocycles. The van der Waals surface area contributed by atoms with E-state index in [1.54, 1.807) is 12.4 Å². The van der Waals surface area contributed by atoms with Gasteiger partial charge >= 0.3 is 0 Å². The zero-order valence-electron chi connectivity index (χ0n) is 14.9. The van der Waals surface area contributed by atoms with Crippen molar-refractivity contribution in [3.63, 3.8) is 0 Å². The van der Waals surface area contributed by atoms with E-state index in [-0.39, 0.29) is 18.6 Å². The number of ether oxygens (including phenoxy) is 2. The van der Waals surface area contributed by atoms with Gasteiger partial charge in [-0.3, -0.25) is 9.78 Å². The number of piperidine rings is 1. The Hall–Kier alpha value is -2.71. The number of rotatable bonds is 5. The van der Waals surface area contributed by atoms with Crippen LogP contribution in [0.2, 0.25) is 0 Å². The van der Waals surface area contributed by atoms with Gasteiger partial charge in [-0.25, -0.2) is 4.98 Å². The molecule has 1 saturated heterocycles. The van der Waals surface area contributed by atoms with Crippen molar-refractivity contribution in [1.82, 2.24) is 14.9 Å². The van der Waals surface area contributed by atoms with Gasteiger partial charge in [0.2, 0.25) is 12.7 Å². The molecule has 1 atom stereocenters. The number of hydrogen-bond donors (Lipinski definition) is 2. The third-order valence-electron chi connectivity index (χ3n) is 4.99. The SMILES string of the molecule is O=C(Nc1cnccn1)C1CCN(C[C@H](O)c2ccc3c(c2)OCO3)CC1. The minimum Gasteiger partial charge on any atom is -0.454 e. The van der Waals surface area contributed by atoms with Gasteiger partial charge in [0.1, 0.15) is 0 Å². The average molecular weight is 370 g/mol. The molecule has 0 bridgehead atoms. The number of aliphatic hydroxyl groups is 1. The van der Waals surface area contributed by atoms with E-state index in [2.05, 4.69) is 20.2 Å². The Morgan fingerprint density at radius 3 is 2.85 bits per heavy atom. The number of nitrogens with zero attached hydrogens (tertiary/aromatic N) is 3. The van der Waals surface area contributed by atoms with Crippen molar-refractivity contribution in [3.8, 4) is 11.5 Å². The largest absolute Gasteiger partial charge is 0.454 e. The fourth-order valence-electron chi connectivity index (χ4n) is 3.44. The van der Waals surface area contributed by atoms with Crippen LogP contribution >= 0.6 is 0 Å². The van der Waals surface area contributed by atoms with Gasteiger partial charge in [-0.1, -0.05) is 6.07 Å². The number of carbonyl (C=O) groups excluding carboxylic acids is 1. The number of hydrogen-bond acceptors (Lipinski definition) is 7. The number of aliphatic hydroxyl groups excluding tert-OH is 1. The molecule has 0 spiro atoms. The highest BCUT2D eigenvalue weighted by molar-refractivity contribution is 5.91. The molecule has 2 aliphatic rings. The van der Waals surface area contributed by atoms with Crippen LogP contribution in [0.15, 0.2) is 36.8 Å². The lowest BCUT2D eigenvalue weighted by atomic mass is 9.95. The molecule has 2 N–H and O–H groups in total. The van der Waals surface area contributed by atoms with Crippen LogP contribution in [-0.4, -0.2) is 52.3 Å². The van der Waals surface area contributed by atoms with Gasteiger partial charge in [-0.2, -0.15) is 0 Å². The van der Waals surface area contributed by atoms with Gasteiger partial charge in [-0.05, 0) is 43.6 Å². The number of likely N-dealkylation sites (tertiary alicyclic amines) is 1. The summed E-state index contributed by atoms with van der Waals surface area (Å²) in [4.78, 5) is 22.6. The maximum absolute atomic E-state index is 12.4. The van der Waals surface area contributed by atoms with Crippen molar-refractivity contribution in [1.29, 1.82) is 0 Å². The lowest BCUT2D eigenvalue weighted by Gasteiger charge is -2.32. The first-order valence-electron chi connectivity index (χ1n) is 9.06. The Morgan fingerprint density at radius 2 is 2.07 bits per heavy atom. The number of β-amino-alcohol motifs (C(OH)–C–C–N with tert-alkyl or cyclic N) is 1. The minimum atomic E-state index is -0.607. The monoisotopic (exact) mass is 370 g/mol. The van der Waals surface area contributed by atoms with E-state index in [0.29, 0.717) is 23.9 Å². The van der Waals surface area contributed by atoms with Crippen LogP contribution in [0.4, 0.5) is 5.82 Å². The van der Waals surface area contributed by atoms with Crippen molar-refractivity contribution < 1.29 is 19.4 Å². The van der Waals surface area contributed by atoms with Gasteiger partial charge in [0.05, 0.1) is 12.3 Å². The van der Waals surface area contributed by atoms with Gasteiger partial charge in [-0.15, -0.1) is 0 Å². The summed E-state index contributed by atoms with van der Waals surface area (Å²) in [7, 11) is 0. The molecule has 1 fully saturated rings. The van der Waals surface area contributed by atoms with E-state index in [4.69, 9.17) is 9.47 Å². The standard InChI is InChI=1S/C19H22N4O4/c24-15(14-1-2-16-17(9-14)27-12-26-16)11-23-7-3-13(4-8-23)19(25)22-18-10-20-5-6-21-18/h1-2,5-6,9-10,13,15,24H,3-4,7-8,11-12H2,(H,21,22,25)/t15-/m0/s1. The molecule has 1 amide bonds. The fourth-order valence-corrected chi connectivity index (χ4v) is 3.44. The first-order chi connectivity index (χ1) is 13.2. The highest BCUT2D eigenvalue weighted by Gasteiger charge is 2.27. The molecular formula is C19H22N4O4. The predicted molar refractivity (Wildman–Crippen MR) is 97.4 cm³/mol. The van der Waals surface area contributed by atoms with Crippen molar-refractivity contribution in [2.45, 2.75) is 18.9 Å². The minimum absolute atomic E-state index is 0.0218. The van der Waals surface area contributed by atoms with E-state index in [1.165, 1.54) is 6.20 Å². The molecule has 0 radical (unpaired) electrons.